The van der Waals surface area contributed by atoms with Gasteiger partial charge in [0.2, 0.25) is 0 Å². The monoisotopic (exact) mass is 320 g/mol. The van der Waals surface area contributed by atoms with Crippen LogP contribution in [0.1, 0.15) is 15.9 Å². The van der Waals surface area contributed by atoms with Gasteiger partial charge in [0.25, 0.3) is 5.76 Å². The van der Waals surface area contributed by atoms with Gasteiger partial charge in [-0.3, -0.25) is 4.79 Å². The van der Waals surface area contributed by atoms with Crippen LogP contribution in [0.2, 0.25) is 0 Å². The van der Waals surface area contributed by atoms with Crippen LogP contribution in [0.5, 0.6) is 5.75 Å². The number of rotatable bonds is 6. The van der Waals surface area contributed by atoms with Gasteiger partial charge < -0.3 is 4.74 Å². The molecule has 2 aromatic rings. The second-order valence-corrected chi connectivity index (χ2v) is 5.38. The Hall–Kier alpha value is -2.14. The summed E-state index contributed by atoms with van der Waals surface area (Å²) >= 11 is 0.393. The first-order valence-corrected chi connectivity index (χ1v) is 7.38. The second kappa shape index (κ2) is 7.75. The molecule has 0 aromatic heterocycles. The fourth-order valence-corrected chi connectivity index (χ4v) is 2.44. The first-order valence-electron chi connectivity index (χ1n) is 6.50. The molecule has 2 nitrogen and oxygen atoms in total. The van der Waals surface area contributed by atoms with Crippen LogP contribution >= 0.6 is 11.8 Å². The predicted octanol–water partition coefficient (Wildman–Crippen LogP) is 4.91. The van der Waals surface area contributed by atoms with Gasteiger partial charge in [-0.15, -0.1) is 0 Å². The third-order valence-electron chi connectivity index (χ3n) is 2.89. The molecule has 0 spiro atoms. The predicted molar refractivity (Wildman–Crippen MR) is 84.7 cm³/mol. The summed E-state index contributed by atoms with van der Waals surface area (Å²) in [5, 5.41) is 0. The van der Waals surface area contributed by atoms with Crippen LogP contribution < -0.4 is 4.74 Å². The van der Waals surface area contributed by atoms with Crippen molar-refractivity contribution < 1.29 is 18.3 Å². The number of methoxy groups -OCH3 is 1. The molecule has 0 saturated carbocycles. The SMILES string of the molecule is COc1cc(C(=O)C=Cc2ccccc2)ccc1SC(F)F. The molecule has 114 valence electrons. The average molecular weight is 320 g/mol. The fraction of sp³-hybridized carbons (Fsp3) is 0.118. The maximum atomic E-state index is 12.4. The number of thioether (sulfide) groups is 1. The van der Waals surface area contributed by atoms with Gasteiger partial charge in [-0.2, -0.15) is 8.78 Å². The molecule has 0 unspecified atom stereocenters. The Morgan fingerprint density at radius 1 is 1.18 bits per heavy atom. The van der Waals surface area contributed by atoms with Crippen molar-refractivity contribution in [3.05, 3.63) is 65.7 Å². The molecule has 0 N–H and O–H groups in total. The van der Waals surface area contributed by atoms with Crippen molar-refractivity contribution in [3.63, 3.8) is 0 Å². The van der Waals surface area contributed by atoms with Crippen molar-refractivity contribution in [2.75, 3.05) is 7.11 Å². The van der Waals surface area contributed by atoms with Gasteiger partial charge in [0.1, 0.15) is 5.75 Å². The molecule has 0 radical (unpaired) electrons. The van der Waals surface area contributed by atoms with Gasteiger partial charge in [0, 0.05) is 5.56 Å². The number of benzene rings is 2. The lowest BCUT2D eigenvalue weighted by atomic mass is 10.1. The Morgan fingerprint density at radius 2 is 1.91 bits per heavy atom. The number of halogens is 2. The normalized spacial score (nSPS) is 11.1. The number of ketones is 1. The summed E-state index contributed by atoms with van der Waals surface area (Å²) in [7, 11) is 1.39. The standard InChI is InChI=1S/C17H14F2O2S/c1-21-15-11-13(8-10-16(15)22-17(18)19)14(20)9-7-12-5-3-2-4-6-12/h2-11,17H,1H3. The number of carbonyl (C=O) groups excluding carboxylic acids is 1. The summed E-state index contributed by atoms with van der Waals surface area (Å²) in [6, 6.07) is 13.9. The highest BCUT2D eigenvalue weighted by molar-refractivity contribution is 7.99. The van der Waals surface area contributed by atoms with Crippen molar-refractivity contribution in [2.24, 2.45) is 0 Å². The van der Waals surface area contributed by atoms with E-state index in [1.54, 1.807) is 6.08 Å². The number of carbonyl (C=O) groups is 1. The molecule has 0 aliphatic rings. The molecule has 0 aliphatic heterocycles. The highest BCUT2D eigenvalue weighted by Crippen LogP contribution is 2.34. The Morgan fingerprint density at radius 3 is 2.55 bits per heavy atom. The van der Waals surface area contributed by atoms with Crippen LogP contribution in [-0.2, 0) is 0 Å². The van der Waals surface area contributed by atoms with E-state index in [0.29, 0.717) is 22.2 Å². The number of hydrogen-bond acceptors (Lipinski definition) is 3. The highest BCUT2D eigenvalue weighted by Gasteiger charge is 2.13. The summed E-state index contributed by atoms with van der Waals surface area (Å²) < 4.78 is 29.9. The Kier molecular flexibility index (Phi) is 5.72. The Labute approximate surface area is 131 Å². The topological polar surface area (TPSA) is 26.3 Å². The molecule has 0 bridgehead atoms. The molecule has 0 fully saturated rings. The van der Waals surface area contributed by atoms with Crippen molar-refractivity contribution >= 4 is 23.6 Å². The van der Waals surface area contributed by atoms with E-state index >= 15 is 0 Å². The molecule has 0 amide bonds. The molecule has 2 rings (SSSR count). The number of alkyl halides is 2. The summed E-state index contributed by atoms with van der Waals surface area (Å²) in [6.07, 6.45) is 3.15. The van der Waals surface area contributed by atoms with Gasteiger partial charge >= 0.3 is 0 Å². The van der Waals surface area contributed by atoms with Crippen LogP contribution in [0.25, 0.3) is 6.08 Å². The molecule has 0 aliphatic carbocycles. The van der Waals surface area contributed by atoms with Gasteiger partial charge in [0.15, 0.2) is 5.78 Å². The molecule has 0 heterocycles. The molecule has 5 heteroatoms. The van der Waals surface area contributed by atoms with Crippen LogP contribution in [0, 0.1) is 0 Å². The Balaban J connectivity index is 2.18. The first-order chi connectivity index (χ1) is 10.6. The summed E-state index contributed by atoms with van der Waals surface area (Å²) in [6.45, 7) is 0. The van der Waals surface area contributed by atoms with Crippen molar-refractivity contribution in [3.8, 4) is 5.75 Å². The van der Waals surface area contributed by atoms with Gasteiger partial charge in [-0.1, -0.05) is 48.2 Å². The van der Waals surface area contributed by atoms with Crippen molar-refractivity contribution in [1.29, 1.82) is 0 Å². The molecule has 22 heavy (non-hydrogen) atoms. The van der Waals surface area contributed by atoms with E-state index in [0.717, 1.165) is 5.56 Å². The maximum absolute atomic E-state index is 12.4. The number of allylic oxidation sites excluding steroid dienone is 1. The number of hydrogen-bond donors (Lipinski definition) is 0. The number of ether oxygens (including phenoxy) is 1. The Bertz CT molecular complexity index is 670. The third-order valence-corrected chi connectivity index (χ3v) is 3.66. The summed E-state index contributed by atoms with van der Waals surface area (Å²) in [5.41, 5.74) is 1.30. The smallest absolute Gasteiger partial charge is 0.289 e. The zero-order chi connectivity index (χ0) is 15.9. The quantitative estimate of drug-likeness (QED) is 0.430. The van der Waals surface area contributed by atoms with Crippen LogP contribution in [0.3, 0.4) is 0 Å². The molecule has 0 atom stereocenters. The lowest BCUT2D eigenvalue weighted by Crippen LogP contribution is -1.97. The van der Waals surface area contributed by atoms with E-state index in [2.05, 4.69) is 0 Å². The van der Waals surface area contributed by atoms with Crippen molar-refractivity contribution in [1.82, 2.24) is 0 Å². The van der Waals surface area contributed by atoms with E-state index < -0.39 is 5.76 Å². The van der Waals surface area contributed by atoms with E-state index in [9.17, 15) is 13.6 Å². The van der Waals surface area contributed by atoms with Crippen LogP contribution in [0.15, 0.2) is 59.5 Å². The van der Waals surface area contributed by atoms with Gasteiger partial charge in [-0.05, 0) is 29.8 Å². The van der Waals surface area contributed by atoms with Gasteiger partial charge in [0.05, 0.1) is 12.0 Å². The fourth-order valence-electron chi connectivity index (χ4n) is 1.85. The largest absolute Gasteiger partial charge is 0.496 e. The molecular formula is C17H14F2O2S. The lowest BCUT2D eigenvalue weighted by Gasteiger charge is -2.08. The van der Waals surface area contributed by atoms with E-state index in [4.69, 9.17) is 4.74 Å². The first kappa shape index (κ1) is 16.2. The third kappa shape index (κ3) is 4.43. The minimum Gasteiger partial charge on any atom is -0.496 e. The zero-order valence-corrected chi connectivity index (χ0v) is 12.6. The van der Waals surface area contributed by atoms with E-state index in [1.165, 1.54) is 31.4 Å². The van der Waals surface area contributed by atoms with E-state index in [-0.39, 0.29) is 11.5 Å². The zero-order valence-electron chi connectivity index (χ0n) is 11.8. The molecule has 2 aromatic carbocycles. The van der Waals surface area contributed by atoms with Crippen molar-refractivity contribution in [2.45, 2.75) is 10.7 Å². The van der Waals surface area contributed by atoms with Crippen LogP contribution in [0.4, 0.5) is 8.78 Å². The van der Waals surface area contributed by atoms with Gasteiger partial charge in [-0.25, -0.2) is 0 Å². The lowest BCUT2D eigenvalue weighted by molar-refractivity contribution is 0.104. The van der Waals surface area contributed by atoms with Crippen LogP contribution in [-0.4, -0.2) is 18.7 Å². The molecular weight excluding hydrogens is 306 g/mol. The minimum atomic E-state index is -2.53. The minimum absolute atomic E-state index is 0.212. The summed E-state index contributed by atoms with van der Waals surface area (Å²) in [5.74, 6) is -2.48. The summed E-state index contributed by atoms with van der Waals surface area (Å²) in [4.78, 5) is 12.4. The maximum Gasteiger partial charge on any atom is 0.289 e. The van der Waals surface area contributed by atoms with E-state index in [1.807, 2.05) is 30.3 Å². The molecule has 0 saturated heterocycles. The second-order valence-electron chi connectivity index (χ2n) is 4.35. The highest BCUT2D eigenvalue weighted by atomic mass is 32.2. The average Bonchev–Trinajstić information content (AvgIpc) is 2.53.